The van der Waals surface area contributed by atoms with Gasteiger partial charge < -0.3 is 39.7 Å². The normalized spacial score (nSPS) is 23.7. The molecule has 5 N–H and O–H groups in total. The van der Waals surface area contributed by atoms with E-state index in [9.17, 15) is 35.1 Å². The van der Waals surface area contributed by atoms with Crippen molar-refractivity contribution in [3.05, 3.63) is 77.9 Å². The molecule has 3 aromatic carbocycles. The van der Waals surface area contributed by atoms with E-state index in [0.717, 1.165) is 24.3 Å². The molecule has 0 bridgehead atoms. The first-order valence-corrected chi connectivity index (χ1v) is 16.0. The number of rotatable bonds is 10. The maximum atomic E-state index is 14.0. The Morgan fingerprint density at radius 2 is 1.57 bits per heavy atom. The minimum atomic E-state index is -1.83. The molecule has 5 atom stereocenters. The highest BCUT2D eigenvalue weighted by atomic mass is 32.1. The number of phenolic OH excluding ortho intramolecular Hbond substituents is 1. The molecule has 0 saturated carbocycles. The number of carbonyl (C=O) groups excluding carboxylic acids is 1. The van der Waals surface area contributed by atoms with Gasteiger partial charge in [-0.2, -0.15) is 0 Å². The highest BCUT2D eigenvalue weighted by Crippen LogP contribution is 2.42. The summed E-state index contributed by atoms with van der Waals surface area (Å²) in [6.45, 7) is 3.64. The van der Waals surface area contributed by atoms with Crippen LogP contribution in [0.25, 0.3) is 20.5 Å². The van der Waals surface area contributed by atoms with Crippen LogP contribution < -0.4 is 9.47 Å². The third-order valence-corrected chi connectivity index (χ3v) is 9.53. The summed E-state index contributed by atoms with van der Waals surface area (Å²) in [5.74, 6) is -0.744. The van der Waals surface area contributed by atoms with Gasteiger partial charge in [-0.1, -0.05) is 6.42 Å². The minimum Gasteiger partial charge on any atom is -0.508 e. The van der Waals surface area contributed by atoms with Crippen molar-refractivity contribution in [1.29, 1.82) is 0 Å². The SMILES string of the molecule is O=C(c1ccc(OCCN2CCCCC2)cc1)c1c(-c2ccc(O[C@@H]3OC(C(=O)O)[C@@H](O)C(O)C3O)cc2)sc2cc(O)ccc12. The molecule has 2 aliphatic rings. The molecule has 1 aromatic heterocycles. The second-order valence-corrected chi connectivity index (χ2v) is 12.5. The highest BCUT2D eigenvalue weighted by molar-refractivity contribution is 7.22. The van der Waals surface area contributed by atoms with Gasteiger partial charge in [-0.3, -0.25) is 9.69 Å². The molecule has 242 valence electrons. The van der Waals surface area contributed by atoms with Crippen molar-refractivity contribution >= 4 is 33.2 Å². The van der Waals surface area contributed by atoms with Gasteiger partial charge in [-0.25, -0.2) is 4.79 Å². The van der Waals surface area contributed by atoms with E-state index in [4.69, 9.17) is 14.2 Å². The molecule has 4 aromatic rings. The number of carboxylic acids is 1. The monoisotopic (exact) mass is 649 g/mol. The molecule has 3 unspecified atom stereocenters. The predicted octanol–water partition coefficient (Wildman–Crippen LogP) is 3.64. The molecule has 2 saturated heterocycles. The van der Waals surface area contributed by atoms with E-state index in [1.807, 2.05) is 0 Å². The Bertz CT molecular complexity index is 1680. The molecule has 0 aliphatic carbocycles. The first-order valence-electron chi connectivity index (χ1n) is 15.1. The average Bonchev–Trinajstić information content (AvgIpc) is 3.44. The number of benzene rings is 3. The van der Waals surface area contributed by atoms with Crippen LogP contribution in [0.3, 0.4) is 0 Å². The number of phenols is 1. The minimum absolute atomic E-state index is 0.0760. The van der Waals surface area contributed by atoms with E-state index in [2.05, 4.69) is 4.90 Å². The van der Waals surface area contributed by atoms with E-state index in [-0.39, 0.29) is 17.3 Å². The van der Waals surface area contributed by atoms with Crippen LogP contribution in [-0.4, -0.2) is 99.1 Å². The fourth-order valence-electron chi connectivity index (χ4n) is 5.80. The molecule has 46 heavy (non-hydrogen) atoms. The number of aliphatic hydroxyl groups excluding tert-OH is 3. The van der Waals surface area contributed by atoms with Gasteiger partial charge in [0.05, 0.1) is 0 Å². The van der Waals surface area contributed by atoms with Gasteiger partial charge in [0.25, 0.3) is 0 Å². The summed E-state index contributed by atoms with van der Waals surface area (Å²) in [5.41, 5.74) is 1.63. The summed E-state index contributed by atoms with van der Waals surface area (Å²) in [6.07, 6.45) is -4.93. The number of carboxylic acid groups (broad SMARTS) is 1. The van der Waals surface area contributed by atoms with Crippen molar-refractivity contribution in [2.24, 2.45) is 0 Å². The Morgan fingerprint density at radius 3 is 2.26 bits per heavy atom. The van der Waals surface area contributed by atoms with E-state index < -0.39 is 36.7 Å². The molecule has 2 fully saturated rings. The van der Waals surface area contributed by atoms with Crippen LogP contribution in [0.5, 0.6) is 17.2 Å². The zero-order valence-corrected chi connectivity index (χ0v) is 25.6. The van der Waals surface area contributed by atoms with Crippen LogP contribution in [0.4, 0.5) is 0 Å². The summed E-state index contributed by atoms with van der Waals surface area (Å²) < 4.78 is 17.5. The Kier molecular flexibility index (Phi) is 9.54. The zero-order valence-electron chi connectivity index (χ0n) is 24.8. The number of ether oxygens (including phenoxy) is 3. The number of aliphatic carboxylic acids is 1. The average molecular weight is 650 g/mol. The van der Waals surface area contributed by atoms with Crippen LogP contribution in [-0.2, 0) is 9.53 Å². The second kappa shape index (κ2) is 13.8. The number of nitrogens with zero attached hydrogens (tertiary/aromatic N) is 1. The second-order valence-electron chi connectivity index (χ2n) is 11.5. The first kappa shape index (κ1) is 31.9. The fraction of sp³-hybridized carbons (Fsp3) is 0.353. The van der Waals surface area contributed by atoms with Gasteiger partial charge in [0.1, 0.15) is 42.2 Å². The van der Waals surface area contributed by atoms with Gasteiger partial charge >= 0.3 is 5.97 Å². The van der Waals surface area contributed by atoms with Gasteiger partial charge in [-0.05, 0) is 98.2 Å². The standard InChI is InChI=1S/C34H35NO10S/c36-21-8-13-24-25(18-21)46-32(20-6-11-23(12-7-20)44-34-30(40)28(38)29(39)31(45-34)33(41)42)26(24)27(37)19-4-9-22(10-5-19)43-17-16-35-14-2-1-3-15-35/h4-13,18,28-31,34,36,38-40H,1-3,14-17H2,(H,41,42)/t28?,29-,30?,31?,34+/m0/s1. The van der Waals surface area contributed by atoms with Gasteiger partial charge in [0.2, 0.25) is 6.29 Å². The number of hydrogen-bond acceptors (Lipinski definition) is 11. The molecule has 12 heteroatoms. The molecule has 11 nitrogen and oxygen atoms in total. The predicted molar refractivity (Wildman–Crippen MR) is 170 cm³/mol. The number of likely N-dealkylation sites (tertiary alicyclic amines) is 1. The van der Waals surface area contributed by atoms with E-state index in [1.165, 1.54) is 36.7 Å². The van der Waals surface area contributed by atoms with Crippen molar-refractivity contribution in [2.75, 3.05) is 26.2 Å². The van der Waals surface area contributed by atoms with Crippen molar-refractivity contribution in [3.63, 3.8) is 0 Å². The van der Waals surface area contributed by atoms with Crippen LogP contribution in [0.15, 0.2) is 66.7 Å². The summed E-state index contributed by atoms with van der Waals surface area (Å²) in [7, 11) is 0. The Hall–Kier alpha value is -4.04. The zero-order chi connectivity index (χ0) is 32.4. The maximum Gasteiger partial charge on any atom is 0.335 e. The van der Waals surface area contributed by atoms with Crippen LogP contribution >= 0.6 is 11.3 Å². The molecule has 2 aliphatic heterocycles. The lowest BCUT2D eigenvalue weighted by Crippen LogP contribution is -2.61. The van der Waals surface area contributed by atoms with Crippen LogP contribution in [0.2, 0.25) is 0 Å². The fourth-order valence-corrected chi connectivity index (χ4v) is 7.04. The third-order valence-electron chi connectivity index (χ3n) is 8.32. The number of thiophene rings is 1. The Morgan fingerprint density at radius 1 is 0.870 bits per heavy atom. The summed E-state index contributed by atoms with van der Waals surface area (Å²) in [5, 5.41) is 50.4. The maximum absolute atomic E-state index is 14.0. The number of aliphatic hydroxyl groups is 3. The Balaban J connectivity index is 1.21. The van der Waals surface area contributed by atoms with Crippen LogP contribution in [0.1, 0.15) is 35.2 Å². The highest BCUT2D eigenvalue weighted by Gasteiger charge is 2.48. The largest absolute Gasteiger partial charge is 0.508 e. The first-order chi connectivity index (χ1) is 22.2. The number of aromatic hydroxyl groups is 1. The van der Waals surface area contributed by atoms with Crippen LogP contribution in [0, 0.1) is 0 Å². The summed E-state index contributed by atoms with van der Waals surface area (Å²) in [6, 6.07) is 18.5. The van der Waals surface area contributed by atoms with Gasteiger partial charge in [0.15, 0.2) is 11.9 Å². The molecule has 3 heterocycles. The molecule has 0 radical (unpaired) electrons. The lowest BCUT2D eigenvalue weighted by atomic mass is 9.97. The van der Waals surface area contributed by atoms with Crippen molar-refractivity contribution in [3.8, 4) is 27.7 Å². The molecular weight excluding hydrogens is 614 g/mol. The van der Waals surface area contributed by atoms with Crippen molar-refractivity contribution in [2.45, 2.75) is 50.0 Å². The van der Waals surface area contributed by atoms with Crippen molar-refractivity contribution < 1.29 is 49.3 Å². The third kappa shape index (κ3) is 6.73. The number of piperidine rings is 1. The molecule has 6 rings (SSSR count). The van der Waals surface area contributed by atoms with E-state index in [1.54, 1.807) is 60.7 Å². The van der Waals surface area contributed by atoms with E-state index >= 15 is 0 Å². The summed E-state index contributed by atoms with van der Waals surface area (Å²) >= 11 is 1.35. The summed E-state index contributed by atoms with van der Waals surface area (Å²) in [4.78, 5) is 28.5. The van der Waals surface area contributed by atoms with Crippen molar-refractivity contribution in [1.82, 2.24) is 4.90 Å². The van der Waals surface area contributed by atoms with Gasteiger partial charge in [0, 0.05) is 32.6 Å². The number of hydrogen-bond donors (Lipinski definition) is 5. The Labute approximate surface area is 268 Å². The number of fused-ring (bicyclic) bond motifs is 1. The number of ketones is 1. The van der Waals surface area contributed by atoms with E-state index in [0.29, 0.717) is 39.3 Å². The number of carbonyl (C=O) groups is 2. The molecule has 0 amide bonds. The lowest BCUT2D eigenvalue weighted by Gasteiger charge is -2.38. The topological polar surface area (TPSA) is 166 Å². The van der Waals surface area contributed by atoms with Gasteiger partial charge in [-0.15, -0.1) is 11.3 Å². The quantitative estimate of drug-likeness (QED) is 0.159. The molecular formula is C34H35NO10S. The smallest absolute Gasteiger partial charge is 0.335 e. The molecule has 0 spiro atoms. The lowest BCUT2D eigenvalue weighted by molar-refractivity contribution is -0.271.